The van der Waals surface area contributed by atoms with Crippen molar-refractivity contribution in [3.8, 4) is 0 Å². The van der Waals surface area contributed by atoms with Crippen LogP contribution in [0.4, 0.5) is 4.39 Å². The van der Waals surface area contributed by atoms with Gasteiger partial charge in [-0.25, -0.2) is 4.39 Å². The second-order valence-electron chi connectivity index (χ2n) is 5.52. The second kappa shape index (κ2) is 12.4. The molecule has 0 unspecified atom stereocenters. The summed E-state index contributed by atoms with van der Waals surface area (Å²) in [5.74, 6) is -1.22. The van der Waals surface area contributed by atoms with Crippen molar-refractivity contribution in [3.05, 3.63) is 0 Å². The van der Waals surface area contributed by atoms with Crippen LogP contribution in [0.1, 0.15) is 72.1 Å². The normalized spacial score (nSPS) is 11.3. The van der Waals surface area contributed by atoms with Crippen molar-refractivity contribution in [3.63, 3.8) is 0 Å². The first kappa shape index (κ1) is 20.9. The largest absolute Gasteiger partial charge is 0.465 e. The molecule has 0 aliphatic carbocycles. The van der Waals surface area contributed by atoms with Gasteiger partial charge in [-0.2, -0.15) is 0 Å². The van der Waals surface area contributed by atoms with Gasteiger partial charge in [0.2, 0.25) is 0 Å². The average Bonchev–Trinajstić information content (AvgIpc) is 2.53. The number of hydrogen-bond acceptors (Lipinski definition) is 4. The van der Waals surface area contributed by atoms with Crippen LogP contribution in [0.5, 0.6) is 0 Å². The molecule has 0 amide bonds. The predicted octanol–water partition coefficient (Wildman–Crippen LogP) is 4.21. The summed E-state index contributed by atoms with van der Waals surface area (Å²) in [6.45, 7) is 4.91. The highest BCUT2D eigenvalue weighted by Crippen LogP contribution is 2.30. The molecule has 130 valence electrons. The van der Waals surface area contributed by atoms with Gasteiger partial charge in [0.25, 0.3) is 0 Å². The highest BCUT2D eigenvalue weighted by atomic mass is 19.1. The van der Waals surface area contributed by atoms with E-state index < -0.39 is 24.0 Å². The predicted molar refractivity (Wildman–Crippen MR) is 84.3 cm³/mol. The van der Waals surface area contributed by atoms with E-state index in [2.05, 4.69) is 6.92 Å². The lowest BCUT2D eigenvalue weighted by molar-refractivity contribution is -0.173. The standard InChI is InChI=1S/C17H31FO4/c1-4-7-8-9-10-11-13-21-15(19)17(5-2,6-3)16(20)22-14-12-18/h4-14H2,1-3H3. The average molecular weight is 318 g/mol. The van der Waals surface area contributed by atoms with Crippen molar-refractivity contribution >= 4 is 11.9 Å². The third-order valence-electron chi connectivity index (χ3n) is 4.03. The van der Waals surface area contributed by atoms with Gasteiger partial charge in [0.1, 0.15) is 13.3 Å². The molecule has 0 aromatic carbocycles. The number of rotatable bonds is 13. The second-order valence-corrected chi connectivity index (χ2v) is 5.52. The molecule has 0 aromatic rings. The van der Waals surface area contributed by atoms with E-state index in [9.17, 15) is 14.0 Å². The summed E-state index contributed by atoms with van der Waals surface area (Å²) >= 11 is 0. The Morgan fingerprint density at radius 2 is 1.32 bits per heavy atom. The number of esters is 2. The van der Waals surface area contributed by atoms with Gasteiger partial charge in [-0.3, -0.25) is 9.59 Å². The number of halogens is 1. The van der Waals surface area contributed by atoms with E-state index in [0.29, 0.717) is 19.4 Å². The lowest BCUT2D eigenvalue weighted by Gasteiger charge is -2.26. The van der Waals surface area contributed by atoms with Crippen LogP contribution < -0.4 is 0 Å². The molecule has 0 aliphatic heterocycles. The molecule has 0 aliphatic rings. The van der Waals surface area contributed by atoms with Crippen molar-refractivity contribution in [2.24, 2.45) is 5.41 Å². The molecule has 0 saturated carbocycles. The van der Waals surface area contributed by atoms with Crippen LogP contribution in [0, 0.1) is 5.41 Å². The molecular formula is C17H31FO4. The van der Waals surface area contributed by atoms with Gasteiger partial charge in [-0.15, -0.1) is 0 Å². The third kappa shape index (κ3) is 6.75. The van der Waals surface area contributed by atoms with E-state index >= 15 is 0 Å². The molecule has 0 heterocycles. The number of carbonyl (C=O) groups excluding carboxylic acids is 2. The summed E-state index contributed by atoms with van der Waals surface area (Å²) in [6.07, 6.45) is 7.18. The minimum Gasteiger partial charge on any atom is -0.465 e. The fourth-order valence-corrected chi connectivity index (χ4v) is 2.37. The van der Waals surface area contributed by atoms with E-state index in [4.69, 9.17) is 9.47 Å². The minimum atomic E-state index is -1.29. The number of alkyl halides is 1. The Balaban J connectivity index is 4.27. The molecule has 0 rings (SSSR count). The van der Waals surface area contributed by atoms with Gasteiger partial charge < -0.3 is 9.47 Å². The first-order valence-electron chi connectivity index (χ1n) is 8.49. The van der Waals surface area contributed by atoms with E-state index in [1.165, 1.54) is 19.3 Å². The van der Waals surface area contributed by atoms with Crippen LogP contribution in [-0.2, 0) is 19.1 Å². The van der Waals surface area contributed by atoms with Gasteiger partial charge in [0.05, 0.1) is 6.61 Å². The van der Waals surface area contributed by atoms with Crippen molar-refractivity contribution in [1.82, 2.24) is 0 Å². The van der Waals surface area contributed by atoms with Gasteiger partial charge in [-0.1, -0.05) is 52.9 Å². The van der Waals surface area contributed by atoms with Crippen molar-refractivity contribution in [2.75, 3.05) is 19.9 Å². The van der Waals surface area contributed by atoms with E-state index in [-0.39, 0.29) is 6.61 Å². The molecule has 0 atom stereocenters. The monoisotopic (exact) mass is 318 g/mol. The molecule has 0 spiro atoms. The van der Waals surface area contributed by atoms with E-state index in [1.807, 2.05) is 0 Å². The summed E-state index contributed by atoms with van der Waals surface area (Å²) < 4.78 is 22.2. The van der Waals surface area contributed by atoms with Crippen LogP contribution in [0.25, 0.3) is 0 Å². The summed E-state index contributed by atoms with van der Waals surface area (Å²) in [5.41, 5.74) is -1.29. The zero-order chi connectivity index (χ0) is 16.8. The topological polar surface area (TPSA) is 52.6 Å². The Morgan fingerprint density at radius 1 is 0.818 bits per heavy atom. The number of carbonyl (C=O) groups is 2. The Hall–Kier alpha value is -1.13. The van der Waals surface area contributed by atoms with Crippen LogP contribution >= 0.6 is 0 Å². The maximum Gasteiger partial charge on any atom is 0.323 e. The third-order valence-corrected chi connectivity index (χ3v) is 4.03. The molecule has 22 heavy (non-hydrogen) atoms. The first-order chi connectivity index (χ1) is 10.6. The zero-order valence-electron chi connectivity index (χ0n) is 14.3. The van der Waals surface area contributed by atoms with Crippen LogP contribution in [0.2, 0.25) is 0 Å². The first-order valence-corrected chi connectivity index (χ1v) is 8.49. The molecule has 4 nitrogen and oxygen atoms in total. The fourth-order valence-electron chi connectivity index (χ4n) is 2.37. The molecule has 0 radical (unpaired) electrons. The number of unbranched alkanes of at least 4 members (excludes halogenated alkanes) is 5. The molecule has 0 N–H and O–H groups in total. The summed E-state index contributed by atoms with van der Waals surface area (Å²) in [5, 5.41) is 0. The van der Waals surface area contributed by atoms with Gasteiger partial charge in [0.15, 0.2) is 5.41 Å². The van der Waals surface area contributed by atoms with Gasteiger partial charge in [0, 0.05) is 0 Å². The van der Waals surface area contributed by atoms with Crippen LogP contribution in [0.15, 0.2) is 0 Å². The zero-order valence-corrected chi connectivity index (χ0v) is 14.3. The summed E-state index contributed by atoms with van der Waals surface area (Å²) in [6, 6.07) is 0. The van der Waals surface area contributed by atoms with Gasteiger partial charge in [-0.05, 0) is 19.3 Å². The van der Waals surface area contributed by atoms with Crippen LogP contribution in [0.3, 0.4) is 0 Å². The van der Waals surface area contributed by atoms with E-state index in [0.717, 1.165) is 19.3 Å². The summed E-state index contributed by atoms with van der Waals surface area (Å²) in [4.78, 5) is 24.3. The smallest absolute Gasteiger partial charge is 0.323 e. The quantitative estimate of drug-likeness (QED) is 0.290. The lowest BCUT2D eigenvalue weighted by atomic mass is 9.82. The molecule has 0 aromatic heterocycles. The maximum absolute atomic E-state index is 12.3. The fraction of sp³-hybridized carbons (Fsp3) is 0.882. The highest BCUT2D eigenvalue weighted by molar-refractivity contribution is 5.99. The Morgan fingerprint density at radius 3 is 1.82 bits per heavy atom. The van der Waals surface area contributed by atoms with Crippen LogP contribution in [-0.4, -0.2) is 31.8 Å². The Bertz CT molecular complexity index is 314. The minimum absolute atomic E-state index is 0.296. The lowest BCUT2D eigenvalue weighted by Crippen LogP contribution is -2.41. The number of ether oxygens (including phenoxy) is 2. The SMILES string of the molecule is CCCCCCCCOC(=O)C(CC)(CC)C(=O)OCCF. The van der Waals surface area contributed by atoms with Crippen molar-refractivity contribution in [1.29, 1.82) is 0 Å². The summed E-state index contributed by atoms with van der Waals surface area (Å²) in [7, 11) is 0. The Labute approximate surface area is 133 Å². The van der Waals surface area contributed by atoms with Crippen molar-refractivity contribution in [2.45, 2.75) is 72.1 Å². The molecular weight excluding hydrogens is 287 g/mol. The van der Waals surface area contributed by atoms with E-state index in [1.54, 1.807) is 13.8 Å². The molecule has 0 saturated heterocycles. The maximum atomic E-state index is 12.3. The molecule has 0 bridgehead atoms. The molecule has 5 heteroatoms. The molecule has 0 fully saturated rings. The van der Waals surface area contributed by atoms with Crippen molar-refractivity contribution < 1.29 is 23.5 Å². The Kier molecular flexibility index (Phi) is 11.8. The van der Waals surface area contributed by atoms with Gasteiger partial charge >= 0.3 is 11.9 Å². The highest BCUT2D eigenvalue weighted by Gasteiger charge is 2.45. The number of hydrogen-bond donors (Lipinski definition) is 0.